The predicted octanol–water partition coefficient (Wildman–Crippen LogP) is 0.0595. The van der Waals surface area contributed by atoms with E-state index in [1.807, 2.05) is 0 Å². The lowest BCUT2D eigenvalue weighted by atomic mass is 10.5. The molecule has 1 rings (SSSR count). The Bertz CT molecular complexity index is 375. The van der Waals surface area contributed by atoms with Crippen molar-refractivity contribution in [2.75, 3.05) is 6.61 Å². The van der Waals surface area contributed by atoms with Crippen LogP contribution in [-0.2, 0) is 9.30 Å². The normalized spacial score (nSPS) is 11.4. The minimum Gasteiger partial charge on any atom is -0.460 e. The van der Waals surface area contributed by atoms with Gasteiger partial charge in [0.15, 0.2) is 0 Å². The molecular formula is C7H8O6P. The van der Waals surface area contributed by atoms with Crippen molar-refractivity contribution in [2.45, 2.75) is 6.92 Å². The van der Waals surface area contributed by atoms with Gasteiger partial charge in [-0.15, -0.1) is 0 Å². The Hall–Kier alpha value is -1.10. The van der Waals surface area contributed by atoms with Crippen LogP contribution < -0.4 is 5.50 Å². The second-order valence-electron chi connectivity index (χ2n) is 2.32. The average molecular weight is 219 g/mol. The van der Waals surface area contributed by atoms with Crippen molar-refractivity contribution in [3.8, 4) is 0 Å². The Kier molecular flexibility index (Phi) is 3.10. The highest BCUT2D eigenvalue weighted by Gasteiger charge is 2.24. The number of carbonyl (C=O) groups excluding carboxylic acids is 1. The predicted molar refractivity (Wildman–Crippen MR) is 45.2 cm³/mol. The highest BCUT2D eigenvalue weighted by atomic mass is 31.2. The SMILES string of the molecule is CCOC(=O)c1[c]cc(P(=O)(O)O)o1. The minimum absolute atomic E-state index is 0.151. The molecule has 77 valence electrons. The van der Waals surface area contributed by atoms with E-state index in [1.54, 1.807) is 6.92 Å². The molecule has 0 atom stereocenters. The Morgan fingerprint density at radius 1 is 1.71 bits per heavy atom. The first kappa shape index (κ1) is 11.0. The number of ether oxygens (including phenoxy) is 1. The van der Waals surface area contributed by atoms with E-state index in [0.29, 0.717) is 0 Å². The van der Waals surface area contributed by atoms with Gasteiger partial charge in [0.1, 0.15) is 0 Å². The van der Waals surface area contributed by atoms with Crippen LogP contribution in [0.5, 0.6) is 0 Å². The standard InChI is InChI=1S/C7H8O6P/c1-2-12-7(8)5-3-4-6(13-5)14(9,10)11/h4H,2H2,1H3,(H2,9,10,11). The summed E-state index contributed by atoms with van der Waals surface area (Å²) in [5, 5.41) is 0. The molecule has 0 aliphatic heterocycles. The van der Waals surface area contributed by atoms with Crippen molar-refractivity contribution < 1.29 is 28.3 Å². The molecule has 0 unspecified atom stereocenters. The van der Waals surface area contributed by atoms with Gasteiger partial charge in [0.25, 0.3) is 0 Å². The molecule has 1 heterocycles. The summed E-state index contributed by atoms with van der Waals surface area (Å²) in [4.78, 5) is 28.3. The van der Waals surface area contributed by atoms with Gasteiger partial charge in [0, 0.05) is 12.1 Å². The summed E-state index contributed by atoms with van der Waals surface area (Å²) in [6, 6.07) is 3.19. The third kappa shape index (κ3) is 2.45. The Morgan fingerprint density at radius 2 is 2.36 bits per heavy atom. The lowest BCUT2D eigenvalue weighted by Gasteiger charge is -1.98. The summed E-state index contributed by atoms with van der Waals surface area (Å²) in [5.74, 6) is -1.14. The summed E-state index contributed by atoms with van der Waals surface area (Å²) in [7, 11) is -4.46. The number of rotatable bonds is 3. The summed E-state index contributed by atoms with van der Waals surface area (Å²) in [6.45, 7) is 1.75. The van der Waals surface area contributed by atoms with Crippen LogP contribution in [0.1, 0.15) is 17.5 Å². The summed E-state index contributed by atoms with van der Waals surface area (Å²) in [5.41, 5.74) is -0.597. The van der Waals surface area contributed by atoms with E-state index < -0.39 is 19.1 Å². The fourth-order valence-electron chi connectivity index (χ4n) is 0.732. The lowest BCUT2D eigenvalue weighted by Crippen LogP contribution is -2.04. The third-order valence-electron chi connectivity index (χ3n) is 1.28. The fourth-order valence-corrected chi connectivity index (χ4v) is 1.17. The summed E-state index contributed by atoms with van der Waals surface area (Å²) in [6.07, 6.45) is 0. The third-order valence-corrected chi connectivity index (χ3v) is 2.08. The van der Waals surface area contributed by atoms with Crippen molar-refractivity contribution in [3.05, 3.63) is 17.9 Å². The number of hydrogen-bond acceptors (Lipinski definition) is 4. The maximum atomic E-state index is 11.0. The van der Waals surface area contributed by atoms with E-state index in [-0.39, 0.29) is 12.4 Å². The smallest absolute Gasteiger partial charge is 0.391 e. The largest absolute Gasteiger partial charge is 0.460 e. The van der Waals surface area contributed by atoms with Crippen LogP contribution in [-0.4, -0.2) is 22.4 Å². The van der Waals surface area contributed by atoms with Crippen LogP contribution in [0, 0.1) is 6.07 Å². The zero-order valence-electron chi connectivity index (χ0n) is 7.26. The van der Waals surface area contributed by atoms with E-state index >= 15 is 0 Å². The highest BCUT2D eigenvalue weighted by molar-refractivity contribution is 7.59. The van der Waals surface area contributed by atoms with Crippen molar-refractivity contribution >= 4 is 19.1 Å². The molecular weight excluding hydrogens is 211 g/mol. The molecule has 0 bridgehead atoms. The van der Waals surface area contributed by atoms with Gasteiger partial charge >= 0.3 is 13.6 Å². The maximum Gasteiger partial charge on any atom is 0.391 e. The van der Waals surface area contributed by atoms with Gasteiger partial charge in [-0.1, -0.05) is 0 Å². The molecule has 6 nitrogen and oxygen atoms in total. The van der Waals surface area contributed by atoms with Gasteiger partial charge < -0.3 is 18.9 Å². The van der Waals surface area contributed by atoms with Crippen LogP contribution in [0.3, 0.4) is 0 Å². The van der Waals surface area contributed by atoms with Gasteiger partial charge in [0.2, 0.25) is 11.3 Å². The Balaban J connectivity index is 2.89. The molecule has 0 amide bonds. The van der Waals surface area contributed by atoms with Gasteiger partial charge in [-0.05, 0) is 6.92 Å². The van der Waals surface area contributed by atoms with Crippen molar-refractivity contribution in [1.82, 2.24) is 0 Å². The molecule has 0 aliphatic carbocycles. The van der Waals surface area contributed by atoms with Crippen molar-refractivity contribution in [1.29, 1.82) is 0 Å². The zero-order chi connectivity index (χ0) is 10.8. The molecule has 0 saturated heterocycles. The van der Waals surface area contributed by atoms with Crippen LogP contribution in [0.4, 0.5) is 0 Å². The van der Waals surface area contributed by atoms with Crippen LogP contribution in [0.25, 0.3) is 0 Å². The molecule has 0 saturated carbocycles. The first-order valence-corrected chi connectivity index (χ1v) is 5.31. The van der Waals surface area contributed by atoms with Gasteiger partial charge in [-0.3, -0.25) is 4.57 Å². The molecule has 0 fully saturated rings. The van der Waals surface area contributed by atoms with Gasteiger partial charge in [0.05, 0.1) is 6.61 Å². The van der Waals surface area contributed by atoms with Crippen LogP contribution in [0.2, 0.25) is 0 Å². The summed E-state index contributed by atoms with van der Waals surface area (Å²) >= 11 is 0. The fraction of sp³-hybridized carbons (Fsp3) is 0.286. The van der Waals surface area contributed by atoms with Crippen molar-refractivity contribution in [2.24, 2.45) is 0 Å². The number of esters is 1. The lowest BCUT2D eigenvalue weighted by molar-refractivity contribution is 0.0491. The number of hydrogen-bond donors (Lipinski definition) is 2. The topological polar surface area (TPSA) is 97.0 Å². The molecule has 0 aliphatic rings. The summed E-state index contributed by atoms with van der Waals surface area (Å²) < 4.78 is 19.8. The van der Waals surface area contributed by atoms with E-state index in [1.165, 1.54) is 0 Å². The first-order chi connectivity index (χ1) is 6.45. The number of furan rings is 1. The van der Waals surface area contributed by atoms with E-state index in [0.717, 1.165) is 6.07 Å². The molecule has 1 radical (unpaired) electrons. The second-order valence-corrected chi connectivity index (χ2v) is 3.85. The number of carbonyl (C=O) groups is 1. The van der Waals surface area contributed by atoms with E-state index in [4.69, 9.17) is 9.79 Å². The van der Waals surface area contributed by atoms with Crippen LogP contribution in [0.15, 0.2) is 10.5 Å². The van der Waals surface area contributed by atoms with Crippen molar-refractivity contribution in [3.63, 3.8) is 0 Å². The quantitative estimate of drug-likeness (QED) is 0.551. The van der Waals surface area contributed by atoms with E-state index in [9.17, 15) is 9.36 Å². The van der Waals surface area contributed by atoms with E-state index in [2.05, 4.69) is 15.2 Å². The molecule has 0 aromatic carbocycles. The molecule has 14 heavy (non-hydrogen) atoms. The van der Waals surface area contributed by atoms with Gasteiger partial charge in [-0.2, -0.15) is 0 Å². The molecule has 0 spiro atoms. The molecule has 7 heteroatoms. The monoisotopic (exact) mass is 219 g/mol. The molecule has 2 N–H and O–H groups in total. The highest BCUT2D eigenvalue weighted by Crippen LogP contribution is 2.33. The molecule has 1 aromatic heterocycles. The first-order valence-electron chi connectivity index (χ1n) is 3.70. The second kappa shape index (κ2) is 3.96. The molecule has 1 aromatic rings. The average Bonchev–Trinajstić information content (AvgIpc) is 2.51. The minimum atomic E-state index is -4.46. The maximum absolute atomic E-state index is 11.0. The Morgan fingerprint density at radius 3 is 2.79 bits per heavy atom. The van der Waals surface area contributed by atoms with Crippen LogP contribution >= 0.6 is 7.60 Å². The Labute approximate surface area is 79.6 Å². The van der Waals surface area contributed by atoms with Gasteiger partial charge in [-0.25, -0.2) is 4.79 Å². The zero-order valence-corrected chi connectivity index (χ0v) is 8.15.